The van der Waals surface area contributed by atoms with Gasteiger partial charge in [-0.2, -0.15) is 0 Å². The van der Waals surface area contributed by atoms with Gasteiger partial charge in [0.2, 0.25) is 0 Å². The molecular weight excluding hydrogens is 312 g/mol. The van der Waals surface area contributed by atoms with Crippen molar-refractivity contribution < 1.29 is 4.79 Å². The molecule has 1 aliphatic rings. The predicted octanol–water partition coefficient (Wildman–Crippen LogP) is 2.36. The van der Waals surface area contributed by atoms with Crippen LogP contribution in [0.5, 0.6) is 0 Å². The van der Waals surface area contributed by atoms with Crippen LogP contribution in [0.4, 0.5) is 5.82 Å². The number of nitrogens with zero attached hydrogens (tertiary/aromatic N) is 3. The number of hydrogen-bond donors (Lipinski definition) is 1. The van der Waals surface area contributed by atoms with Crippen molar-refractivity contribution in [2.75, 3.05) is 5.32 Å². The van der Waals surface area contributed by atoms with Crippen LogP contribution in [0.15, 0.2) is 29.2 Å². The number of thiophene rings is 1. The third-order valence-electron chi connectivity index (χ3n) is 4.02. The molecule has 116 valence electrons. The summed E-state index contributed by atoms with van der Waals surface area (Å²) >= 11 is 1.27. The first-order chi connectivity index (χ1) is 11.1. The fraction of sp³-hybridized carbons (Fsp3) is 0.250. The zero-order chi connectivity index (χ0) is 16.0. The number of aromatic nitrogens is 3. The quantitative estimate of drug-likeness (QED) is 0.784. The van der Waals surface area contributed by atoms with Gasteiger partial charge in [-0.25, -0.2) is 9.97 Å². The molecule has 1 N–H and O–H groups in total. The summed E-state index contributed by atoms with van der Waals surface area (Å²) in [5.41, 5.74) is 0.659. The molecule has 3 aromatic rings. The Morgan fingerprint density at radius 3 is 3.04 bits per heavy atom. The number of anilines is 1. The molecule has 4 rings (SSSR count). The largest absolute Gasteiger partial charge is 0.306 e. The Labute approximate surface area is 135 Å². The van der Waals surface area contributed by atoms with Crippen molar-refractivity contribution in [3.8, 4) is 0 Å². The third kappa shape index (κ3) is 2.24. The summed E-state index contributed by atoms with van der Waals surface area (Å²) < 4.78 is 1.72. The highest BCUT2D eigenvalue weighted by Gasteiger charge is 2.23. The predicted molar refractivity (Wildman–Crippen MR) is 89.1 cm³/mol. The lowest BCUT2D eigenvalue weighted by Crippen LogP contribution is -2.20. The highest BCUT2D eigenvalue weighted by atomic mass is 32.1. The molecule has 0 bridgehead atoms. The zero-order valence-electron chi connectivity index (χ0n) is 12.5. The first kappa shape index (κ1) is 14.1. The minimum atomic E-state index is -0.256. The van der Waals surface area contributed by atoms with Crippen LogP contribution in [0, 0.1) is 6.92 Å². The maximum atomic E-state index is 12.6. The van der Waals surface area contributed by atoms with Gasteiger partial charge in [0.25, 0.3) is 11.5 Å². The number of nitrogens with one attached hydrogen (secondary N) is 1. The lowest BCUT2D eigenvalue weighted by atomic mass is 10.2. The summed E-state index contributed by atoms with van der Waals surface area (Å²) in [4.78, 5) is 34.9. The van der Waals surface area contributed by atoms with Crippen LogP contribution in [0.3, 0.4) is 0 Å². The second kappa shape index (κ2) is 5.27. The van der Waals surface area contributed by atoms with Gasteiger partial charge in [-0.3, -0.25) is 14.2 Å². The molecular formula is C16H14N4O2S. The SMILES string of the molecule is Cc1c(C(=O)Nc2ccccn2)sc2nc3n(c(=O)c12)CCC3. The van der Waals surface area contributed by atoms with E-state index in [1.165, 1.54) is 11.3 Å². The zero-order valence-corrected chi connectivity index (χ0v) is 13.3. The first-order valence-electron chi connectivity index (χ1n) is 7.40. The van der Waals surface area contributed by atoms with Crippen LogP contribution >= 0.6 is 11.3 Å². The lowest BCUT2D eigenvalue weighted by molar-refractivity contribution is 0.102. The highest BCUT2D eigenvalue weighted by Crippen LogP contribution is 2.29. The van der Waals surface area contributed by atoms with Crippen molar-refractivity contribution in [2.24, 2.45) is 0 Å². The minimum Gasteiger partial charge on any atom is -0.306 e. The Balaban J connectivity index is 1.80. The highest BCUT2D eigenvalue weighted by molar-refractivity contribution is 7.20. The number of amides is 1. The average molecular weight is 326 g/mol. The second-order valence-corrected chi connectivity index (χ2v) is 6.49. The Bertz CT molecular complexity index is 975. The van der Waals surface area contributed by atoms with E-state index in [0.29, 0.717) is 33.0 Å². The Hall–Kier alpha value is -2.54. The fourth-order valence-electron chi connectivity index (χ4n) is 2.90. The molecule has 0 fully saturated rings. The number of aryl methyl sites for hydroxylation is 2. The van der Waals surface area contributed by atoms with Gasteiger partial charge in [0.15, 0.2) is 0 Å². The molecule has 0 aromatic carbocycles. The molecule has 0 atom stereocenters. The van der Waals surface area contributed by atoms with E-state index < -0.39 is 0 Å². The molecule has 6 nitrogen and oxygen atoms in total. The summed E-state index contributed by atoms with van der Waals surface area (Å²) in [5, 5.41) is 3.32. The van der Waals surface area contributed by atoms with Crippen molar-refractivity contribution >= 4 is 33.3 Å². The molecule has 1 amide bonds. The van der Waals surface area contributed by atoms with Crippen LogP contribution in [-0.2, 0) is 13.0 Å². The van der Waals surface area contributed by atoms with E-state index in [9.17, 15) is 9.59 Å². The normalized spacial score (nSPS) is 13.3. The van der Waals surface area contributed by atoms with Crippen molar-refractivity contribution in [3.05, 3.63) is 51.0 Å². The van der Waals surface area contributed by atoms with Gasteiger partial charge in [0.05, 0.1) is 10.3 Å². The molecule has 4 heterocycles. The van der Waals surface area contributed by atoms with Crippen LogP contribution in [0.25, 0.3) is 10.2 Å². The molecule has 0 unspecified atom stereocenters. The molecule has 1 aliphatic heterocycles. The Kier molecular flexibility index (Phi) is 3.23. The molecule has 0 saturated carbocycles. The van der Waals surface area contributed by atoms with E-state index in [2.05, 4.69) is 15.3 Å². The van der Waals surface area contributed by atoms with E-state index in [4.69, 9.17) is 0 Å². The van der Waals surface area contributed by atoms with E-state index in [-0.39, 0.29) is 11.5 Å². The van der Waals surface area contributed by atoms with E-state index in [0.717, 1.165) is 18.7 Å². The van der Waals surface area contributed by atoms with Gasteiger partial charge >= 0.3 is 0 Å². The number of rotatable bonds is 2. The topological polar surface area (TPSA) is 76.9 Å². The van der Waals surface area contributed by atoms with Crippen molar-refractivity contribution in [3.63, 3.8) is 0 Å². The summed E-state index contributed by atoms with van der Waals surface area (Å²) in [7, 11) is 0. The summed E-state index contributed by atoms with van der Waals surface area (Å²) in [6.07, 6.45) is 3.38. The van der Waals surface area contributed by atoms with Gasteiger partial charge < -0.3 is 5.32 Å². The fourth-order valence-corrected chi connectivity index (χ4v) is 3.99. The van der Waals surface area contributed by atoms with Gasteiger partial charge in [-0.15, -0.1) is 11.3 Å². The Morgan fingerprint density at radius 2 is 2.26 bits per heavy atom. The molecule has 0 aliphatic carbocycles. The van der Waals surface area contributed by atoms with Crippen LogP contribution in [-0.4, -0.2) is 20.4 Å². The monoisotopic (exact) mass is 326 g/mol. The smallest absolute Gasteiger partial charge is 0.267 e. The van der Waals surface area contributed by atoms with Gasteiger partial charge in [-0.05, 0) is 31.0 Å². The van der Waals surface area contributed by atoms with Crippen LogP contribution < -0.4 is 10.9 Å². The van der Waals surface area contributed by atoms with E-state index >= 15 is 0 Å². The van der Waals surface area contributed by atoms with Gasteiger partial charge in [0.1, 0.15) is 16.5 Å². The van der Waals surface area contributed by atoms with Gasteiger partial charge in [0, 0.05) is 19.2 Å². The minimum absolute atomic E-state index is 0.0341. The number of pyridine rings is 1. The van der Waals surface area contributed by atoms with Crippen LogP contribution in [0.2, 0.25) is 0 Å². The molecule has 0 spiro atoms. The maximum absolute atomic E-state index is 12.6. The summed E-state index contributed by atoms with van der Waals surface area (Å²) in [6.45, 7) is 2.51. The standard InChI is InChI=1S/C16H14N4O2S/c1-9-12-15(19-11-6-4-8-20(11)16(12)22)23-13(9)14(21)18-10-5-2-3-7-17-10/h2-3,5,7H,4,6,8H2,1H3,(H,17,18,21). The summed E-state index contributed by atoms with van der Waals surface area (Å²) in [5.74, 6) is 1.05. The molecule has 0 radical (unpaired) electrons. The van der Waals surface area contributed by atoms with Crippen LogP contribution in [0.1, 0.15) is 27.5 Å². The number of carbonyl (C=O) groups excluding carboxylic acids is 1. The first-order valence-corrected chi connectivity index (χ1v) is 8.22. The number of hydrogen-bond acceptors (Lipinski definition) is 5. The second-order valence-electron chi connectivity index (χ2n) is 5.49. The number of carbonyl (C=O) groups is 1. The number of fused-ring (bicyclic) bond motifs is 2. The molecule has 0 saturated heterocycles. The summed E-state index contributed by atoms with van der Waals surface area (Å²) in [6, 6.07) is 5.31. The van der Waals surface area contributed by atoms with E-state index in [1.807, 2.05) is 0 Å². The maximum Gasteiger partial charge on any atom is 0.267 e. The average Bonchev–Trinajstić information content (AvgIpc) is 3.14. The Morgan fingerprint density at radius 1 is 1.39 bits per heavy atom. The van der Waals surface area contributed by atoms with Gasteiger partial charge in [-0.1, -0.05) is 6.07 Å². The molecule has 7 heteroatoms. The third-order valence-corrected chi connectivity index (χ3v) is 5.21. The van der Waals surface area contributed by atoms with Crippen molar-refractivity contribution in [2.45, 2.75) is 26.3 Å². The lowest BCUT2D eigenvalue weighted by Gasteiger charge is -2.03. The molecule has 23 heavy (non-hydrogen) atoms. The molecule has 3 aromatic heterocycles. The van der Waals surface area contributed by atoms with Crippen molar-refractivity contribution in [1.82, 2.24) is 14.5 Å². The van der Waals surface area contributed by atoms with Crippen molar-refractivity contribution in [1.29, 1.82) is 0 Å². The van der Waals surface area contributed by atoms with E-state index in [1.54, 1.807) is 35.9 Å².